The van der Waals surface area contributed by atoms with Crippen LogP contribution in [0.25, 0.3) is 6.08 Å². The molecule has 3 aromatic carbocycles. The van der Waals surface area contributed by atoms with Gasteiger partial charge in [-0.05, 0) is 59.4 Å². The van der Waals surface area contributed by atoms with E-state index < -0.39 is 10.9 Å². The zero-order valence-corrected chi connectivity index (χ0v) is 22.2. The van der Waals surface area contributed by atoms with E-state index in [4.69, 9.17) is 25.8 Å². The standard InChI is InChI=1S/C29H27ClN2O6/c1-5-36-25-16-19(14-23(30)26(25)37-17-18-7-6-8-22(13-18)32(34)35)15-24-28(33)38-27(31-24)20-9-11-21(12-10-20)29(2,3)4/h6-16H,5,17H2,1-4H3/b24-15-. The third kappa shape index (κ3) is 6.20. The van der Waals surface area contributed by atoms with Crippen molar-refractivity contribution in [2.24, 2.45) is 4.99 Å². The van der Waals surface area contributed by atoms with Gasteiger partial charge in [0, 0.05) is 17.7 Å². The van der Waals surface area contributed by atoms with Gasteiger partial charge in [0.1, 0.15) is 6.61 Å². The van der Waals surface area contributed by atoms with E-state index in [1.165, 1.54) is 12.1 Å². The summed E-state index contributed by atoms with van der Waals surface area (Å²) in [5, 5.41) is 11.3. The fraction of sp³-hybridized carbons (Fsp3) is 0.241. The fourth-order valence-corrected chi connectivity index (χ4v) is 4.07. The van der Waals surface area contributed by atoms with Crippen molar-refractivity contribution in [2.75, 3.05) is 6.61 Å². The van der Waals surface area contributed by atoms with E-state index in [-0.39, 0.29) is 34.3 Å². The van der Waals surface area contributed by atoms with Crippen LogP contribution in [0.5, 0.6) is 11.5 Å². The lowest BCUT2D eigenvalue weighted by molar-refractivity contribution is -0.384. The zero-order valence-electron chi connectivity index (χ0n) is 21.5. The molecule has 0 fully saturated rings. The molecule has 1 aliphatic rings. The molecular weight excluding hydrogens is 508 g/mol. The molecule has 1 heterocycles. The van der Waals surface area contributed by atoms with E-state index in [0.29, 0.717) is 34.8 Å². The summed E-state index contributed by atoms with van der Waals surface area (Å²) >= 11 is 6.52. The van der Waals surface area contributed by atoms with Gasteiger partial charge in [-0.1, -0.05) is 56.6 Å². The van der Waals surface area contributed by atoms with Gasteiger partial charge in [0.05, 0.1) is 16.6 Å². The number of aliphatic imine (C=N–C) groups is 1. The topological polar surface area (TPSA) is 100 Å². The van der Waals surface area contributed by atoms with Gasteiger partial charge < -0.3 is 14.2 Å². The molecule has 0 aliphatic carbocycles. The van der Waals surface area contributed by atoms with Crippen molar-refractivity contribution in [3.05, 3.63) is 104 Å². The van der Waals surface area contributed by atoms with E-state index in [0.717, 1.165) is 5.56 Å². The van der Waals surface area contributed by atoms with E-state index in [2.05, 4.69) is 25.8 Å². The number of halogens is 1. The van der Waals surface area contributed by atoms with Gasteiger partial charge >= 0.3 is 5.97 Å². The van der Waals surface area contributed by atoms with Crippen LogP contribution >= 0.6 is 11.6 Å². The van der Waals surface area contributed by atoms with Crippen LogP contribution in [0.1, 0.15) is 49.9 Å². The average Bonchev–Trinajstić information content (AvgIpc) is 3.23. The number of cyclic esters (lactones) is 1. The molecule has 4 rings (SSSR count). The van der Waals surface area contributed by atoms with Crippen molar-refractivity contribution in [1.29, 1.82) is 0 Å². The summed E-state index contributed by atoms with van der Waals surface area (Å²) in [5.74, 6) is 0.319. The predicted molar refractivity (Wildman–Crippen MR) is 146 cm³/mol. The molecule has 0 saturated heterocycles. The Hall–Kier alpha value is -4.17. The fourth-order valence-electron chi connectivity index (χ4n) is 3.79. The van der Waals surface area contributed by atoms with E-state index in [1.54, 1.807) is 30.3 Å². The second kappa shape index (κ2) is 11.1. The summed E-state index contributed by atoms with van der Waals surface area (Å²) in [4.78, 5) is 27.5. The van der Waals surface area contributed by atoms with Gasteiger partial charge in [-0.15, -0.1) is 0 Å². The summed E-state index contributed by atoms with van der Waals surface area (Å²) in [5.41, 5.74) is 3.14. The lowest BCUT2D eigenvalue weighted by atomic mass is 9.87. The number of nitrogens with zero attached hydrogens (tertiary/aromatic N) is 2. The molecule has 9 heteroatoms. The highest BCUT2D eigenvalue weighted by Crippen LogP contribution is 2.38. The second-order valence-electron chi connectivity index (χ2n) is 9.64. The van der Waals surface area contributed by atoms with Crippen LogP contribution in [0, 0.1) is 10.1 Å². The van der Waals surface area contributed by atoms with Crippen LogP contribution < -0.4 is 9.47 Å². The molecule has 3 aromatic rings. The van der Waals surface area contributed by atoms with Gasteiger partial charge in [0.15, 0.2) is 17.2 Å². The van der Waals surface area contributed by atoms with Crippen LogP contribution in [0.15, 0.2) is 71.4 Å². The Morgan fingerprint density at radius 1 is 1.08 bits per heavy atom. The Morgan fingerprint density at radius 2 is 1.82 bits per heavy atom. The Kier molecular flexibility index (Phi) is 7.83. The summed E-state index contributed by atoms with van der Waals surface area (Å²) in [6.45, 7) is 8.60. The summed E-state index contributed by atoms with van der Waals surface area (Å²) in [6.07, 6.45) is 1.57. The molecule has 0 bridgehead atoms. The molecule has 0 N–H and O–H groups in total. The second-order valence-corrected chi connectivity index (χ2v) is 10.0. The first-order chi connectivity index (χ1) is 18.0. The third-order valence-electron chi connectivity index (χ3n) is 5.76. The molecule has 38 heavy (non-hydrogen) atoms. The van der Waals surface area contributed by atoms with Crippen molar-refractivity contribution in [2.45, 2.75) is 39.7 Å². The number of rotatable bonds is 8. The third-order valence-corrected chi connectivity index (χ3v) is 6.04. The Balaban J connectivity index is 1.58. The van der Waals surface area contributed by atoms with Gasteiger partial charge in [-0.3, -0.25) is 10.1 Å². The first kappa shape index (κ1) is 26.9. The predicted octanol–water partition coefficient (Wildman–Crippen LogP) is 6.87. The van der Waals surface area contributed by atoms with E-state index in [9.17, 15) is 14.9 Å². The van der Waals surface area contributed by atoms with E-state index in [1.807, 2.05) is 31.2 Å². The molecule has 8 nitrogen and oxygen atoms in total. The van der Waals surface area contributed by atoms with Crippen LogP contribution in [0.4, 0.5) is 5.69 Å². The van der Waals surface area contributed by atoms with Crippen molar-refractivity contribution >= 4 is 35.2 Å². The maximum absolute atomic E-state index is 12.5. The number of ether oxygens (including phenoxy) is 3. The number of carbonyl (C=O) groups excluding carboxylic acids is 1. The lowest BCUT2D eigenvalue weighted by Gasteiger charge is -2.18. The van der Waals surface area contributed by atoms with Crippen LogP contribution in [-0.2, 0) is 21.6 Å². The highest BCUT2D eigenvalue weighted by atomic mass is 35.5. The lowest BCUT2D eigenvalue weighted by Crippen LogP contribution is -2.11. The number of nitro groups is 1. The Labute approximate surface area is 225 Å². The smallest absolute Gasteiger partial charge is 0.363 e. The number of hydrogen-bond acceptors (Lipinski definition) is 7. The number of benzene rings is 3. The Morgan fingerprint density at radius 3 is 2.47 bits per heavy atom. The minimum atomic E-state index is -0.569. The largest absolute Gasteiger partial charge is 0.490 e. The SMILES string of the molecule is CCOc1cc(/C=C2\N=C(c3ccc(C(C)(C)C)cc3)OC2=O)cc(Cl)c1OCc1cccc([N+](=O)[O-])c1. The summed E-state index contributed by atoms with van der Waals surface area (Å²) in [7, 11) is 0. The van der Waals surface area contributed by atoms with Crippen molar-refractivity contribution in [1.82, 2.24) is 0 Å². The molecule has 0 amide bonds. The molecule has 0 unspecified atom stereocenters. The maximum atomic E-state index is 12.5. The highest BCUT2D eigenvalue weighted by molar-refractivity contribution is 6.32. The van der Waals surface area contributed by atoms with Gasteiger partial charge in [0.25, 0.3) is 5.69 Å². The monoisotopic (exact) mass is 534 g/mol. The normalized spacial score (nSPS) is 14.3. The molecular formula is C29H27ClN2O6. The van der Waals surface area contributed by atoms with Crippen LogP contribution in [0.3, 0.4) is 0 Å². The molecule has 196 valence electrons. The minimum absolute atomic E-state index is 0.00419. The maximum Gasteiger partial charge on any atom is 0.363 e. The van der Waals surface area contributed by atoms with Crippen molar-refractivity contribution in [3.8, 4) is 11.5 Å². The molecule has 0 spiro atoms. The molecule has 0 saturated carbocycles. The first-order valence-corrected chi connectivity index (χ1v) is 12.4. The van der Waals surface area contributed by atoms with Crippen molar-refractivity contribution in [3.63, 3.8) is 0 Å². The molecule has 0 atom stereocenters. The van der Waals surface area contributed by atoms with Crippen LogP contribution in [-0.4, -0.2) is 23.4 Å². The number of hydrogen-bond donors (Lipinski definition) is 0. The van der Waals surface area contributed by atoms with Gasteiger partial charge in [0.2, 0.25) is 5.90 Å². The number of esters is 1. The molecule has 0 radical (unpaired) electrons. The highest BCUT2D eigenvalue weighted by Gasteiger charge is 2.25. The van der Waals surface area contributed by atoms with Crippen LogP contribution in [0.2, 0.25) is 5.02 Å². The van der Waals surface area contributed by atoms with Gasteiger partial charge in [-0.25, -0.2) is 9.79 Å². The summed E-state index contributed by atoms with van der Waals surface area (Å²) < 4.78 is 17.0. The number of nitro benzene ring substituents is 1. The van der Waals surface area contributed by atoms with Crippen molar-refractivity contribution < 1.29 is 23.9 Å². The Bertz CT molecular complexity index is 1440. The minimum Gasteiger partial charge on any atom is -0.490 e. The first-order valence-electron chi connectivity index (χ1n) is 12.0. The molecule has 0 aromatic heterocycles. The molecule has 1 aliphatic heterocycles. The van der Waals surface area contributed by atoms with Gasteiger partial charge in [-0.2, -0.15) is 0 Å². The average molecular weight is 535 g/mol. The number of non-ortho nitro benzene ring substituents is 1. The quantitative estimate of drug-likeness (QED) is 0.135. The number of carbonyl (C=O) groups is 1. The summed E-state index contributed by atoms with van der Waals surface area (Å²) in [6, 6.07) is 17.2. The van der Waals surface area contributed by atoms with E-state index >= 15 is 0 Å². The zero-order chi connectivity index (χ0) is 27.4.